The Labute approximate surface area is 154 Å². The number of hydrogen-bond donors (Lipinski definition) is 1. The Hall–Kier alpha value is -2.66. The van der Waals surface area contributed by atoms with E-state index in [0.717, 1.165) is 34.3 Å². The van der Waals surface area contributed by atoms with Gasteiger partial charge in [-0.2, -0.15) is 0 Å². The third kappa shape index (κ3) is 3.88. The van der Waals surface area contributed by atoms with E-state index >= 15 is 0 Å². The average molecular weight is 393 g/mol. The topological polar surface area (TPSA) is 42.7 Å². The van der Waals surface area contributed by atoms with E-state index in [1.165, 1.54) is 11.1 Å². The van der Waals surface area contributed by atoms with Crippen molar-refractivity contribution in [1.29, 1.82) is 0 Å². The normalized spacial score (nSPS) is 10.9. The van der Waals surface area contributed by atoms with E-state index < -0.39 is 0 Å². The van der Waals surface area contributed by atoms with Gasteiger partial charge in [-0.3, -0.25) is 0 Å². The second-order valence-electron chi connectivity index (χ2n) is 5.94. The largest absolute Gasteiger partial charge is 0.366 e. The van der Waals surface area contributed by atoms with Crippen molar-refractivity contribution >= 4 is 32.7 Å². The summed E-state index contributed by atoms with van der Waals surface area (Å²) >= 11 is 3.49. The summed E-state index contributed by atoms with van der Waals surface area (Å²) in [6, 6.07) is 18.8. The first-order valence-electron chi connectivity index (χ1n) is 8.10. The third-order valence-electron chi connectivity index (χ3n) is 4.07. The number of imidazole rings is 1. The number of aromatic nitrogens is 3. The molecule has 2 heterocycles. The van der Waals surface area contributed by atoms with E-state index in [1.54, 1.807) is 6.20 Å². The Kier molecular flexibility index (Phi) is 4.48. The number of rotatable bonds is 5. The van der Waals surface area contributed by atoms with Crippen molar-refractivity contribution in [2.75, 3.05) is 5.32 Å². The predicted molar refractivity (Wildman–Crippen MR) is 105 cm³/mol. The molecule has 2 aromatic heterocycles. The minimum absolute atomic E-state index is 0.750. The van der Waals surface area contributed by atoms with Gasteiger partial charge in [-0.15, -0.1) is 0 Å². The van der Waals surface area contributed by atoms with Crippen LogP contribution in [0.25, 0.3) is 10.9 Å². The minimum atomic E-state index is 0.750. The van der Waals surface area contributed by atoms with Crippen LogP contribution in [-0.2, 0) is 13.1 Å². The molecule has 4 nitrogen and oxygen atoms in total. The van der Waals surface area contributed by atoms with Crippen LogP contribution < -0.4 is 5.32 Å². The number of benzene rings is 2. The van der Waals surface area contributed by atoms with Crippen LogP contribution >= 0.6 is 15.9 Å². The van der Waals surface area contributed by atoms with Crippen LogP contribution in [0.4, 0.5) is 5.82 Å². The Morgan fingerprint density at radius 2 is 1.80 bits per heavy atom. The Morgan fingerprint density at radius 3 is 2.60 bits per heavy atom. The lowest BCUT2D eigenvalue weighted by Crippen LogP contribution is -2.02. The van der Waals surface area contributed by atoms with E-state index in [-0.39, 0.29) is 0 Å². The van der Waals surface area contributed by atoms with Crippen LogP contribution in [0.5, 0.6) is 0 Å². The van der Waals surface area contributed by atoms with Crippen molar-refractivity contribution in [1.82, 2.24) is 14.5 Å². The van der Waals surface area contributed by atoms with Crippen molar-refractivity contribution in [3.05, 3.63) is 88.9 Å². The zero-order valence-corrected chi connectivity index (χ0v) is 15.1. The summed E-state index contributed by atoms with van der Waals surface area (Å²) in [4.78, 5) is 8.73. The molecule has 0 amide bonds. The fourth-order valence-electron chi connectivity index (χ4n) is 2.74. The van der Waals surface area contributed by atoms with Crippen molar-refractivity contribution in [2.24, 2.45) is 0 Å². The number of anilines is 1. The van der Waals surface area contributed by atoms with Gasteiger partial charge < -0.3 is 9.88 Å². The van der Waals surface area contributed by atoms with Gasteiger partial charge in [0, 0.05) is 35.3 Å². The number of pyridine rings is 1. The van der Waals surface area contributed by atoms with Crippen molar-refractivity contribution < 1.29 is 0 Å². The molecule has 1 N–H and O–H groups in total. The summed E-state index contributed by atoms with van der Waals surface area (Å²) in [5.41, 5.74) is 3.48. The van der Waals surface area contributed by atoms with E-state index in [2.05, 4.69) is 72.2 Å². The summed E-state index contributed by atoms with van der Waals surface area (Å²) in [6.45, 7) is 1.59. The lowest BCUT2D eigenvalue weighted by atomic mass is 10.1. The highest BCUT2D eigenvalue weighted by Crippen LogP contribution is 2.20. The zero-order chi connectivity index (χ0) is 17.1. The second kappa shape index (κ2) is 7.07. The number of fused-ring (bicyclic) bond motifs is 1. The highest BCUT2D eigenvalue weighted by Gasteiger charge is 2.01. The summed E-state index contributed by atoms with van der Waals surface area (Å²) in [5, 5.41) is 4.52. The summed E-state index contributed by atoms with van der Waals surface area (Å²) in [7, 11) is 0. The van der Waals surface area contributed by atoms with Crippen LogP contribution in [0.15, 0.2) is 77.8 Å². The zero-order valence-electron chi connectivity index (χ0n) is 13.6. The lowest BCUT2D eigenvalue weighted by molar-refractivity contribution is 0.797. The van der Waals surface area contributed by atoms with E-state index in [1.807, 2.05) is 30.7 Å². The molecule has 4 aromatic rings. The smallest absolute Gasteiger partial charge is 0.126 e. The highest BCUT2D eigenvalue weighted by molar-refractivity contribution is 9.10. The van der Waals surface area contributed by atoms with E-state index in [4.69, 9.17) is 0 Å². The molecule has 5 heteroatoms. The van der Waals surface area contributed by atoms with Gasteiger partial charge >= 0.3 is 0 Å². The van der Waals surface area contributed by atoms with Gasteiger partial charge in [-0.1, -0.05) is 40.2 Å². The van der Waals surface area contributed by atoms with Gasteiger partial charge in [0.2, 0.25) is 0 Å². The molecule has 0 spiro atoms. The molecule has 4 rings (SSSR count). The third-order valence-corrected chi connectivity index (χ3v) is 4.57. The molecule has 25 heavy (non-hydrogen) atoms. The molecule has 0 saturated heterocycles. The molecule has 0 unspecified atom stereocenters. The Morgan fingerprint density at radius 1 is 0.960 bits per heavy atom. The van der Waals surface area contributed by atoms with Gasteiger partial charge in [0.05, 0.1) is 11.8 Å². The fourth-order valence-corrected chi connectivity index (χ4v) is 3.12. The van der Waals surface area contributed by atoms with Gasteiger partial charge in [0.25, 0.3) is 0 Å². The molecule has 0 aliphatic rings. The van der Waals surface area contributed by atoms with Crippen LogP contribution in [0.3, 0.4) is 0 Å². The Bertz CT molecular complexity index is 978. The summed E-state index contributed by atoms with van der Waals surface area (Å²) in [5.74, 6) is 0.886. The van der Waals surface area contributed by atoms with Gasteiger partial charge in [-0.25, -0.2) is 9.97 Å². The first-order valence-corrected chi connectivity index (χ1v) is 8.89. The molecule has 2 aromatic carbocycles. The number of nitrogens with one attached hydrogen (secondary N) is 1. The molecular formula is C20H17BrN4. The van der Waals surface area contributed by atoms with Crippen LogP contribution in [0.1, 0.15) is 11.1 Å². The monoisotopic (exact) mass is 392 g/mol. The predicted octanol–water partition coefficient (Wildman–Crippen LogP) is 4.85. The maximum Gasteiger partial charge on any atom is 0.126 e. The summed E-state index contributed by atoms with van der Waals surface area (Å²) in [6.07, 6.45) is 5.60. The molecule has 0 aliphatic carbocycles. The fraction of sp³-hybridized carbons (Fsp3) is 0.100. The number of halogens is 1. The SMILES string of the molecule is Brc1ccc2nc(NCc3ccc(Cn4ccnc4)cc3)ccc2c1. The van der Waals surface area contributed by atoms with Crippen molar-refractivity contribution in [3.8, 4) is 0 Å². The van der Waals surface area contributed by atoms with Gasteiger partial charge in [0.15, 0.2) is 0 Å². The van der Waals surface area contributed by atoms with Crippen molar-refractivity contribution in [2.45, 2.75) is 13.1 Å². The second-order valence-corrected chi connectivity index (χ2v) is 6.85. The van der Waals surface area contributed by atoms with E-state index in [9.17, 15) is 0 Å². The number of hydrogen-bond acceptors (Lipinski definition) is 3. The molecule has 0 fully saturated rings. The molecule has 0 saturated carbocycles. The quantitative estimate of drug-likeness (QED) is 0.527. The highest BCUT2D eigenvalue weighted by atomic mass is 79.9. The molecule has 0 radical (unpaired) electrons. The van der Waals surface area contributed by atoms with Gasteiger partial charge in [-0.05, 0) is 41.5 Å². The van der Waals surface area contributed by atoms with Crippen LogP contribution in [0.2, 0.25) is 0 Å². The van der Waals surface area contributed by atoms with E-state index in [0.29, 0.717) is 0 Å². The minimum Gasteiger partial charge on any atom is -0.366 e. The maximum atomic E-state index is 4.66. The summed E-state index contributed by atoms with van der Waals surface area (Å²) < 4.78 is 3.13. The lowest BCUT2D eigenvalue weighted by Gasteiger charge is -2.08. The van der Waals surface area contributed by atoms with Crippen molar-refractivity contribution in [3.63, 3.8) is 0 Å². The molecular weight excluding hydrogens is 376 g/mol. The molecule has 124 valence electrons. The van der Waals surface area contributed by atoms with Crippen LogP contribution in [0, 0.1) is 0 Å². The number of nitrogens with zero attached hydrogens (tertiary/aromatic N) is 3. The van der Waals surface area contributed by atoms with Crippen LogP contribution in [-0.4, -0.2) is 14.5 Å². The average Bonchev–Trinajstić information content (AvgIpc) is 3.14. The first-order chi connectivity index (χ1) is 12.3. The standard InChI is InChI=1S/C20H17BrN4/c21-18-6-7-19-17(11-18)5-8-20(24-19)23-12-15-1-3-16(4-2-15)13-25-10-9-22-14-25/h1-11,14H,12-13H2,(H,23,24). The first kappa shape index (κ1) is 15.8. The molecule has 0 aliphatic heterocycles. The maximum absolute atomic E-state index is 4.66. The van der Waals surface area contributed by atoms with Gasteiger partial charge in [0.1, 0.15) is 5.82 Å². The molecule has 0 bridgehead atoms. The molecule has 0 atom stereocenters. The Balaban J connectivity index is 1.41.